The Morgan fingerprint density at radius 1 is 1.37 bits per heavy atom. The molecular weight excluding hydrogens is 285 g/mol. The van der Waals surface area contributed by atoms with Crippen molar-refractivity contribution in [1.29, 1.82) is 0 Å². The number of anilines is 1. The third kappa shape index (κ3) is 2.86. The minimum atomic E-state index is 0.561. The maximum absolute atomic E-state index is 6.24. The van der Waals surface area contributed by atoms with E-state index < -0.39 is 0 Å². The second kappa shape index (κ2) is 5.82. The van der Waals surface area contributed by atoms with Crippen molar-refractivity contribution >= 4 is 29.0 Å². The van der Waals surface area contributed by atoms with Gasteiger partial charge in [-0.1, -0.05) is 29.3 Å². The third-order valence-corrected chi connectivity index (χ3v) is 3.46. The lowest BCUT2D eigenvalue weighted by molar-refractivity contribution is 0.201. The Bertz CT molecular complexity index is 596. The van der Waals surface area contributed by atoms with Gasteiger partial charge in [-0.2, -0.15) is 5.10 Å². The van der Waals surface area contributed by atoms with Gasteiger partial charge in [0, 0.05) is 36.7 Å². The van der Waals surface area contributed by atoms with E-state index in [4.69, 9.17) is 33.7 Å². The zero-order valence-electron chi connectivity index (χ0n) is 10.8. The molecule has 6 heteroatoms. The monoisotopic (exact) mass is 299 g/mol. The Hall–Kier alpha value is -1.23. The predicted molar refractivity (Wildman–Crippen MR) is 78.7 cm³/mol. The van der Waals surface area contributed by atoms with Gasteiger partial charge >= 0.3 is 0 Å². The lowest BCUT2D eigenvalue weighted by Gasteiger charge is -2.07. The van der Waals surface area contributed by atoms with Crippen LogP contribution in [0.5, 0.6) is 0 Å². The summed E-state index contributed by atoms with van der Waals surface area (Å²) in [7, 11) is 3.46. The maximum atomic E-state index is 6.24. The number of nitrogens with zero attached hydrogens (tertiary/aromatic N) is 2. The molecule has 1 heterocycles. The molecule has 2 aromatic rings. The van der Waals surface area contributed by atoms with E-state index in [-0.39, 0.29) is 0 Å². The zero-order valence-corrected chi connectivity index (χ0v) is 12.3. The number of rotatable bonds is 4. The molecule has 0 fully saturated rings. The van der Waals surface area contributed by atoms with Crippen LogP contribution in [0.2, 0.25) is 10.0 Å². The van der Waals surface area contributed by atoms with Gasteiger partial charge in [-0.3, -0.25) is 4.68 Å². The number of ether oxygens (including phenoxy) is 1. The number of hydrogen-bond acceptors (Lipinski definition) is 3. The molecule has 0 atom stereocenters. The molecule has 102 valence electrons. The van der Waals surface area contributed by atoms with Crippen LogP contribution >= 0.6 is 23.2 Å². The first-order valence-corrected chi connectivity index (χ1v) is 6.56. The molecule has 0 saturated carbocycles. The molecule has 19 heavy (non-hydrogen) atoms. The van der Waals surface area contributed by atoms with Crippen LogP contribution in [-0.2, 0) is 18.2 Å². The highest BCUT2D eigenvalue weighted by molar-refractivity contribution is 6.36. The molecule has 0 aliphatic heterocycles. The summed E-state index contributed by atoms with van der Waals surface area (Å²) in [5, 5.41) is 5.56. The average Bonchev–Trinajstić information content (AvgIpc) is 2.64. The van der Waals surface area contributed by atoms with Gasteiger partial charge in [0.15, 0.2) is 0 Å². The minimum absolute atomic E-state index is 0.561. The number of methoxy groups -OCH3 is 1. The van der Waals surface area contributed by atoms with Crippen LogP contribution in [0.15, 0.2) is 18.2 Å². The summed E-state index contributed by atoms with van der Waals surface area (Å²) in [6.45, 7) is 0.578. The SMILES string of the molecule is COCCc1nn(C)c(N)c1-c1ccc(Cl)cc1Cl. The highest BCUT2D eigenvalue weighted by Crippen LogP contribution is 2.36. The van der Waals surface area contributed by atoms with E-state index >= 15 is 0 Å². The maximum Gasteiger partial charge on any atom is 0.129 e. The predicted octanol–water partition coefficient (Wildman–Crippen LogP) is 3.17. The summed E-state index contributed by atoms with van der Waals surface area (Å²) in [5.74, 6) is 0.579. The van der Waals surface area contributed by atoms with Gasteiger partial charge in [-0.05, 0) is 12.1 Å². The first-order valence-electron chi connectivity index (χ1n) is 5.80. The summed E-state index contributed by atoms with van der Waals surface area (Å²) in [6, 6.07) is 5.34. The summed E-state index contributed by atoms with van der Waals surface area (Å²) in [5.41, 5.74) is 8.63. The van der Waals surface area contributed by atoms with Gasteiger partial charge < -0.3 is 10.5 Å². The fourth-order valence-corrected chi connectivity index (χ4v) is 2.46. The fraction of sp³-hybridized carbons (Fsp3) is 0.308. The Morgan fingerprint density at radius 3 is 2.74 bits per heavy atom. The number of benzene rings is 1. The fourth-order valence-electron chi connectivity index (χ4n) is 1.95. The average molecular weight is 300 g/mol. The largest absolute Gasteiger partial charge is 0.384 e. The topological polar surface area (TPSA) is 53.1 Å². The van der Waals surface area contributed by atoms with E-state index in [2.05, 4.69) is 5.10 Å². The van der Waals surface area contributed by atoms with Gasteiger partial charge in [0.2, 0.25) is 0 Å². The summed E-state index contributed by atoms with van der Waals surface area (Å²) in [4.78, 5) is 0. The highest BCUT2D eigenvalue weighted by atomic mass is 35.5. The van der Waals surface area contributed by atoms with Gasteiger partial charge in [-0.25, -0.2) is 0 Å². The van der Waals surface area contributed by atoms with Crippen LogP contribution in [-0.4, -0.2) is 23.5 Å². The van der Waals surface area contributed by atoms with Crippen molar-refractivity contribution in [3.05, 3.63) is 33.9 Å². The van der Waals surface area contributed by atoms with E-state index in [0.29, 0.717) is 28.9 Å². The van der Waals surface area contributed by atoms with Crippen LogP contribution in [0.1, 0.15) is 5.69 Å². The van der Waals surface area contributed by atoms with E-state index in [1.54, 1.807) is 31.0 Å². The second-order valence-corrected chi connectivity index (χ2v) is 5.04. The number of halogens is 2. The molecule has 0 unspecified atom stereocenters. The van der Waals surface area contributed by atoms with Crippen LogP contribution in [0.4, 0.5) is 5.82 Å². The minimum Gasteiger partial charge on any atom is -0.384 e. The lowest BCUT2D eigenvalue weighted by Crippen LogP contribution is -1.98. The number of nitrogen functional groups attached to an aromatic ring is 1. The van der Waals surface area contributed by atoms with E-state index in [9.17, 15) is 0 Å². The highest BCUT2D eigenvalue weighted by Gasteiger charge is 2.17. The molecule has 4 nitrogen and oxygen atoms in total. The summed E-state index contributed by atoms with van der Waals surface area (Å²) >= 11 is 12.2. The number of hydrogen-bond donors (Lipinski definition) is 1. The number of aryl methyl sites for hydroxylation is 1. The molecule has 0 radical (unpaired) electrons. The van der Waals surface area contributed by atoms with Crippen molar-refractivity contribution in [3.63, 3.8) is 0 Å². The van der Waals surface area contributed by atoms with Crippen molar-refractivity contribution in [2.75, 3.05) is 19.5 Å². The van der Waals surface area contributed by atoms with Crippen molar-refractivity contribution < 1.29 is 4.74 Å². The van der Waals surface area contributed by atoms with Gasteiger partial charge in [0.25, 0.3) is 0 Å². The second-order valence-electron chi connectivity index (χ2n) is 4.20. The van der Waals surface area contributed by atoms with Crippen LogP contribution in [0.3, 0.4) is 0 Å². The van der Waals surface area contributed by atoms with Gasteiger partial charge in [0.1, 0.15) is 5.82 Å². The number of aromatic nitrogens is 2. The summed E-state index contributed by atoms with van der Waals surface area (Å²) < 4.78 is 6.74. The lowest BCUT2D eigenvalue weighted by atomic mass is 10.0. The third-order valence-electron chi connectivity index (χ3n) is 2.91. The standard InChI is InChI=1S/C13H15Cl2N3O/c1-18-13(16)12(11(17-18)5-6-19-2)9-4-3-8(14)7-10(9)15/h3-4,7H,5-6,16H2,1-2H3. The Balaban J connectivity index is 2.53. The molecule has 0 aliphatic carbocycles. The number of nitrogens with two attached hydrogens (primary N) is 1. The van der Waals surface area contributed by atoms with Crippen molar-refractivity contribution in [1.82, 2.24) is 9.78 Å². The molecule has 0 amide bonds. The first-order chi connectivity index (χ1) is 9.04. The van der Waals surface area contributed by atoms with E-state index in [0.717, 1.165) is 16.8 Å². The molecule has 0 spiro atoms. The first kappa shape index (κ1) is 14.2. The molecule has 0 bridgehead atoms. The van der Waals surface area contributed by atoms with Crippen molar-refractivity contribution in [2.24, 2.45) is 7.05 Å². The molecule has 1 aromatic carbocycles. The van der Waals surface area contributed by atoms with Gasteiger partial charge in [-0.15, -0.1) is 0 Å². The molecular formula is C13H15Cl2N3O. The Morgan fingerprint density at radius 2 is 2.11 bits per heavy atom. The van der Waals surface area contributed by atoms with Crippen LogP contribution in [0, 0.1) is 0 Å². The van der Waals surface area contributed by atoms with Crippen LogP contribution in [0.25, 0.3) is 11.1 Å². The molecule has 0 saturated heterocycles. The van der Waals surface area contributed by atoms with Gasteiger partial charge in [0.05, 0.1) is 17.3 Å². The van der Waals surface area contributed by atoms with Crippen LogP contribution < -0.4 is 5.73 Å². The Kier molecular flexibility index (Phi) is 4.34. The quantitative estimate of drug-likeness (QED) is 0.943. The molecule has 2 rings (SSSR count). The smallest absolute Gasteiger partial charge is 0.129 e. The molecule has 2 N–H and O–H groups in total. The van der Waals surface area contributed by atoms with Crippen molar-refractivity contribution in [2.45, 2.75) is 6.42 Å². The van der Waals surface area contributed by atoms with Crippen molar-refractivity contribution in [3.8, 4) is 11.1 Å². The van der Waals surface area contributed by atoms with E-state index in [1.165, 1.54) is 0 Å². The van der Waals surface area contributed by atoms with E-state index in [1.807, 2.05) is 6.07 Å². The normalized spacial score (nSPS) is 10.9. The zero-order chi connectivity index (χ0) is 14.0. The Labute approximate surface area is 122 Å². The molecule has 0 aliphatic rings. The summed E-state index contributed by atoms with van der Waals surface area (Å²) in [6.07, 6.45) is 0.676. The molecule has 1 aromatic heterocycles.